The third-order valence-corrected chi connectivity index (χ3v) is 6.61. The van der Waals surface area contributed by atoms with Gasteiger partial charge in [-0.25, -0.2) is 0 Å². The van der Waals surface area contributed by atoms with Crippen molar-refractivity contribution in [2.24, 2.45) is 5.73 Å². The molecule has 8 heteroatoms. The molecule has 1 aromatic rings. The number of aliphatic hydroxyl groups excluding tert-OH is 1. The molecule has 32 heavy (non-hydrogen) atoms. The second-order valence-corrected chi connectivity index (χ2v) is 10.1. The second kappa shape index (κ2) is 10.2. The number of rotatable bonds is 7. The molecule has 2 fully saturated rings. The molecule has 1 aliphatic heterocycles. The first-order valence-electron chi connectivity index (χ1n) is 11.5. The topological polar surface area (TPSA) is 108 Å². The van der Waals surface area contributed by atoms with Gasteiger partial charge in [-0.05, 0) is 36.9 Å². The van der Waals surface area contributed by atoms with Gasteiger partial charge >= 0.3 is 0 Å². The zero-order chi connectivity index (χ0) is 23.5. The molecule has 0 radical (unpaired) electrons. The van der Waals surface area contributed by atoms with Crippen LogP contribution in [0, 0.1) is 0 Å². The lowest BCUT2D eigenvalue weighted by atomic mass is 9.84. The van der Waals surface area contributed by atoms with E-state index in [1.165, 1.54) is 5.56 Å². The monoisotopic (exact) mass is 446 g/mol. The molecule has 178 valence electrons. The van der Waals surface area contributed by atoms with Crippen LogP contribution < -0.4 is 15.8 Å². The molecule has 1 aliphatic carbocycles. The van der Waals surface area contributed by atoms with Gasteiger partial charge in [-0.2, -0.15) is 0 Å². The van der Waals surface area contributed by atoms with Gasteiger partial charge in [0, 0.05) is 37.3 Å². The highest BCUT2D eigenvalue weighted by molar-refractivity contribution is 5.78. The van der Waals surface area contributed by atoms with Crippen molar-refractivity contribution < 1.29 is 19.4 Å². The summed E-state index contributed by atoms with van der Waals surface area (Å²) in [6, 6.07) is 6.00. The predicted molar refractivity (Wildman–Crippen MR) is 123 cm³/mol. The molecular formula is C24H38N4O4. The number of piperazine rings is 1. The van der Waals surface area contributed by atoms with Gasteiger partial charge in [-0.15, -0.1) is 0 Å². The first-order chi connectivity index (χ1) is 15.1. The fourth-order valence-electron chi connectivity index (χ4n) is 4.80. The highest BCUT2D eigenvalue weighted by atomic mass is 16.5. The lowest BCUT2D eigenvalue weighted by Crippen LogP contribution is -2.60. The summed E-state index contributed by atoms with van der Waals surface area (Å²) in [6.07, 6.45) is 2.25. The van der Waals surface area contributed by atoms with Crippen LogP contribution in [0.3, 0.4) is 0 Å². The highest BCUT2D eigenvalue weighted by Crippen LogP contribution is 2.32. The van der Waals surface area contributed by atoms with Crippen LogP contribution in [0.5, 0.6) is 5.75 Å². The Morgan fingerprint density at radius 3 is 2.75 bits per heavy atom. The van der Waals surface area contributed by atoms with Crippen molar-refractivity contribution in [1.29, 1.82) is 0 Å². The van der Waals surface area contributed by atoms with Gasteiger partial charge < -0.3 is 20.9 Å². The van der Waals surface area contributed by atoms with Crippen LogP contribution in [0.25, 0.3) is 0 Å². The van der Waals surface area contributed by atoms with Crippen LogP contribution in [-0.4, -0.2) is 78.2 Å². The largest absolute Gasteiger partial charge is 0.483 e. The number of ether oxygens (including phenoxy) is 1. The van der Waals surface area contributed by atoms with E-state index in [0.29, 0.717) is 25.4 Å². The summed E-state index contributed by atoms with van der Waals surface area (Å²) in [5, 5.41) is 14.1. The molecule has 0 unspecified atom stereocenters. The van der Waals surface area contributed by atoms with Gasteiger partial charge in [0.2, 0.25) is 5.91 Å². The summed E-state index contributed by atoms with van der Waals surface area (Å²) in [7, 11) is 2.01. The predicted octanol–water partition coefficient (Wildman–Crippen LogP) is 0.994. The van der Waals surface area contributed by atoms with E-state index in [2.05, 4.69) is 42.0 Å². The number of aliphatic hydroxyl groups is 1. The van der Waals surface area contributed by atoms with Gasteiger partial charge in [-0.3, -0.25) is 19.4 Å². The van der Waals surface area contributed by atoms with Crippen LogP contribution in [0.1, 0.15) is 51.2 Å². The van der Waals surface area contributed by atoms with Gasteiger partial charge in [0.05, 0.1) is 12.6 Å². The van der Waals surface area contributed by atoms with Crippen molar-refractivity contribution in [2.75, 3.05) is 33.3 Å². The van der Waals surface area contributed by atoms with E-state index in [9.17, 15) is 14.7 Å². The molecule has 1 saturated heterocycles. The number of carbonyl (C=O) groups excluding carboxylic acids is 2. The maximum Gasteiger partial charge on any atom is 0.255 e. The zero-order valence-corrected chi connectivity index (χ0v) is 19.8. The van der Waals surface area contributed by atoms with Gasteiger partial charge in [-0.1, -0.05) is 39.3 Å². The lowest BCUT2D eigenvalue weighted by Gasteiger charge is -2.45. The molecular weight excluding hydrogens is 408 g/mol. The number of nitrogens with two attached hydrogens (primary N) is 1. The molecule has 1 saturated carbocycles. The minimum absolute atomic E-state index is 0.0197. The van der Waals surface area contributed by atoms with E-state index < -0.39 is 12.0 Å². The quantitative estimate of drug-likeness (QED) is 0.577. The SMILES string of the molecule is CN(Cc1cc(C(C)(C)C)ccc1OCC(N)=O)[C@@H]1CCC[C@@H](N2CCNC(=O)C2)[C@@H]1O. The second-order valence-electron chi connectivity index (χ2n) is 10.1. The fourth-order valence-corrected chi connectivity index (χ4v) is 4.80. The van der Waals surface area contributed by atoms with E-state index in [-0.39, 0.29) is 30.0 Å². The average molecular weight is 447 g/mol. The third kappa shape index (κ3) is 5.99. The van der Waals surface area contributed by atoms with E-state index in [4.69, 9.17) is 10.5 Å². The van der Waals surface area contributed by atoms with E-state index in [1.807, 2.05) is 19.2 Å². The Kier molecular flexibility index (Phi) is 7.79. The van der Waals surface area contributed by atoms with Crippen LogP contribution >= 0.6 is 0 Å². The number of nitrogens with one attached hydrogen (secondary N) is 1. The smallest absolute Gasteiger partial charge is 0.255 e. The molecule has 0 aromatic heterocycles. The third-order valence-electron chi connectivity index (χ3n) is 6.61. The Bertz CT molecular complexity index is 823. The molecule has 3 rings (SSSR count). The molecule has 0 spiro atoms. The van der Waals surface area contributed by atoms with Crippen LogP contribution in [0.2, 0.25) is 0 Å². The zero-order valence-electron chi connectivity index (χ0n) is 19.8. The number of carbonyl (C=O) groups is 2. The summed E-state index contributed by atoms with van der Waals surface area (Å²) >= 11 is 0. The molecule has 4 N–H and O–H groups in total. The number of amides is 2. The van der Waals surface area contributed by atoms with E-state index in [1.54, 1.807) is 0 Å². The normalized spacial score (nSPS) is 24.9. The Morgan fingerprint density at radius 2 is 2.09 bits per heavy atom. The van der Waals surface area contributed by atoms with Crippen LogP contribution in [0.4, 0.5) is 0 Å². The number of hydrogen-bond acceptors (Lipinski definition) is 6. The van der Waals surface area contributed by atoms with Crippen LogP contribution in [-0.2, 0) is 21.5 Å². The summed E-state index contributed by atoms with van der Waals surface area (Å²) in [6.45, 7) is 8.62. The van der Waals surface area contributed by atoms with E-state index in [0.717, 1.165) is 31.4 Å². The van der Waals surface area contributed by atoms with Crippen molar-refractivity contribution >= 4 is 11.8 Å². The number of benzene rings is 1. The summed E-state index contributed by atoms with van der Waals surface area (Å²) < 4.78 is 5.69. The molecule has 0 bridgehead atoms. The van der Waals surface area contributed by atoms with Crippen molar-refractivity contribution in [3.05, 3.63) is 29.3 Å². The lowest BCUT2D eigenvalue weighted by molar-refractivity contribution is -0.127. The van der Waals surface area contributed by atoms with Crippen molar-refractivity contribution in [3.8, 4) is 5.75 Å². The molecule has 3 atom stereocenters. The Hall–Kier alpha value is -2.16. The molecule has 1 heterocycles. The summed E-state index contributed by atoms with van der Waals surface area (Å²) in [4.78, 5) is 27.4. The Balaban J connectivity index is 1.77. The fraction of sp³-hybridized carbons (Fsp3) is 0.667. The van der Waals surface area contributed by atoms with E-state index >= 15 is 0 Å². The first kappa shape index (κ1) is 24.5. The first-order valence-corrected chi connectivity index (χ1v) is 11.5. The van der Waals surface area contributed by atoms with Gasteiger partial charge in [0.15, 0.2) is 6.61 Å². The Labute approximate surface area is 191 Å². The number of likely N-dealkylation sites (N-methyl/N-ethyl adjacent to an activating group) is 1. The van der Waals surface area contributed by atoms with Crippen LogP contribution in [0.15, 0.2) is 18.2 Å². The van der Waals surface area contributed by atoms with Gasteiger partial charge in [0.1, 0.15) is 5.75 Å². The maximum atomic E-state index is 11.8. The molecule has 1 aromatic carbocycles. The molecule has 2 amide bonds. The van der Waals surface area contributed by atoms with Crippen molar-refractivity contribution in [3.63, 3.8) is 0 Å². The maximum absolute atomic E-state index is 11.8. The highest BCUT2D eigenvalue weighted by Gasteiger charge is 2.38. The molecule has 8 nitrogen and oxygen atoms in total. The minimum atomic E-state index is -0.541. The number of primary amides is 1. The Morgan fingerprint density at radius 1 is 1.34 bits per heavy atom. The van der Waals surface area contributed by atoms with Crippen molar-refractivity contribution in [2.45, 2.75) is 70.2 Å². The number of hydrogen-bond donors (Lipinski definition) is 3. The minimum Gasteiger partial charge on any atom is -0.483 e. The van der Waals surface area contributed by atoms with Crippen molar-refractivity contribution in [1.82, 2.24) is 15.1 Å². The molecule has 2 aliphatic rings. The summed E-state index contributed by atoms with van der Waals surface area (Å²) in [5.74, 6) is 0.146. The summed E-state index contributed by atoms with van der Waals surface area (Å²) in [5.41, 5.74) is 7.39. The number of nitrogens with zero attached hydrogens (tertiary/aromatic N) is 2. The average Bonchev–Trinajstić information content (AvgIpc) is 2.72. The van der Waals surface area contributed by atoms with Gasteiger partial charge in [0.25, 0.3) is 5.91 Å². The standard InChI is InChI=1S/C24H38N4O4/c1-24(2,3)17-8-9-20(32-15-21(25)29)16(12-17)13-27(4)18-6-5-7-19(23(18)31)28-11-10-26-22(30)14-28/h8-9,12,18-19,23,31H,5-7,10-11,13-15H2,1-4H3,(H2,25,29)(H,26,30)/t18-,19-,23-/m1/s1.